The van der Waals surface area contributed by atoms with Gasteiger partial charge in [-0.3, -0.25) is 4.79 Å². The van der Waals surface area contributed by atoms with Crippen molar-refractivity contribution >= 4 is 5.91 Å². The van der Waals surface area contributed by atoms with Crippen LogP contribution in [0.3, 0.4) is 0 Å². The Balaban J connectivity index is 2.71. The zero-order valence-electron chi connectivity index (χ0n) is 13.2. The van der Waals surface area contributed by atoms with Gasteiger partial charge in [0.05, 0.1) is 12.1 Å². The average molecular weight is 277 g/mol. The van der Waals surface area contributed by atoms with Crippen LogP contribution in [0.5, 0.6) is 0 Å². The van der Waals surface area contributed by atoms with Gasteiger partial charge in [-0.05, 0) is 24.8 Å². The fourth-order valence-corrected chi connectivity index (χ4v) is 2.50. The lowest BCUT2D eigenvalue weighted by molar-refractivity contribution is -0.138. The van der Waals surface area contributed by atoms with Crippen LogP contribution in [0.15, 0.2) is 30.3 Å². The van der Waals surface area contributed by atoms with Crippen LogP contribution in [-0.2, 0) is 4.79 Å². The Bertz CT molecular complexity index is 416. The number of aliphatic hydroxyl groups excluding tert-OH is 1. The lowest BCUT2D eigenvalue weighted by Crippen LogP contribution is -2.41. The summed E-state index contributed by atoms with van der Waals surface area (Å²) in [5.41, 5.74) is 0.844. The third-order valence-electron chi connectivity index (χ3n) is 3.80. The van der Waals surface area contributed by atoms with Crippen molar-refractivity contribution in [3.05, 3.63) is 35.9 Å². The van der Waals surface area contributed by atoms with Crippen molar-refractivity contribution in [1.29, 1.82) is 0 Å². The second-order valence-electron chi connectivity index (χ2n) is 6.08. The van der Waals surface area contributed by atoms with E-state index in [0.717, 1.165) is 12.0 Å². The van der Waals surface area contributed by atoms with Crippen LogP contribution in [0.2, 0.25) is 0 Å². The van der Waals surface area contributed by atoms with E-state index < -0.39 is 6.10 Å². The first-order chi connectivity index (χ1) is 9.34. The van der Waals surface area contributed by atoms with Crippen LogP contribution in [0.25, 0.3) is 0 Å². The highest BCUT2D eigenvalue weighted by Crippen LogP contribution is 2.22. The maximum absolute atomic E-state index is 12.4. The average Bonchev–Trinajstić information content (AvgIpc) is 2.44. The Kier molecular flexibility index (Phi) is 6.21. The molecule has 0 heterocycles. The molecule has 0 radical (unpaired) electrons. The monoisotopic (exact) mass is 277 g/mol. The first kappa shape index (κ1) is 16.7. The minimum absolute atomic E-state index is 0.00887. The second kappa shape index (κ2) is 7.44. The van der Waals surface area contributed by atoms with Crippen molar-refractivity contribution < 1.29 is 9.90 Å². The number of aliphatic hydroxyl groups is 1. The zero-order chi connectivity index (χ0) is 15.3. The van der Waals surface area contributed by atoms with E-state index in [1.165, 1.54) is 0 Å². The molecule has 0 spiro atoms. The Morgan fingerprint density at radius 1 is 1.15 bits per heavy atom. The smallest absolute Gasteiger partial charge is 0.225 e. The van der Waals surface area contributed by atoms with E-state index in [-0.39, 0.29) is 17.9 Å². The molecule has 1 aromatic rings. The molecule has 0 aliphatic carbocycles. The molecule has 3 unspecified atom stereocenters. The second-order valence-corrected chi connectivity index (χ2v) is 6.08. The van der Waals surface area contributed by atoms with Crippen molar-refractivity contribution in [2.75, 3.05) is 7.05 Å². The maximum Gasteiger partial charge on any atom is 0.225 e. The molecule has 3 nitrogen and oxygen atoms in total. The standard InChI is InChI=1S/C17H27NO2/c1-12(2)11-13(3)17(20)18(5)14(4)16(19)15-9-7-6-8-10-15/h6-10,12-14,16,19H,11H2,1-5H3. The molecule has 20 heavy (non-hydrogen) atoms. The van der Waals surface area contributed by atoms with Gasteiger partial charge in [-0.15, -0.1) is 0 Å². The first-order valence-corrected chi connectivity index (χ1v) is 7.34. The lowest BCUT2D eigenvalue weighted by Gasteiger charge is -2.31. The van der Waals surface area contributed by atoms with Gasteiger partial charge in [-0.25, -0.2) is 0 Å². The van der Waals surface area contributed by atoms with Crippen molar-refractivity contribution in [3.63, 3.8) is 0 Å². The van der Waals surface area contributed by atoms with Crippen molar-refractivity contribution in [2.24, 2.45) is 11.8 Å². The number of likely N-dealkylation sites (N-methyl/N-ethyl adjacent to an activating group) is 1. The van der Waals surface area contributed by atoms with Gasteiger partial charge in [0.25, 0.3) is 0 Å². The summed E-state index contributed by atoms with van der Waals surface area (Å²) in [4.78, 5) is 14.0. The number of rotatable bonds is 6. The van der Waals surface area contributed by atoms with Gasteiger partial charge in [0.2, 0.25) is 5.91 Å². The summed E-state index contributed by atoms with van der Waals surface area (Å²) >= 11 is 0. The van der Waals surface area contributed by atoms with Gasteiger partial charge in [0, 0.05) is 13.0 Å². The van der Waals surface area contributed by atoms with E-state index in [1.54, 1.807) is 11.9 Å². The molecule has 0 saturated heterocycles. The molecule has 0 aliphatic rings. The maximum atomic E-state index is 12.4. The fourth-order valence-electron chi connectivity index (χ4n) is 2.50. The summed E-state index contributed by atoms with van der Waals surface area (Å²) in [6.45, 7) is 8.08. The highest BCUT2D eigenvalue weighted by molar-refractivity contribution is 5.78. The third-order valence-corrected chi connectivity index (χ3v) is 3.80. The van der Waals surface area contributed by atoms with Gasteiger partial charge in [0.1, 0.15) is 0 Å². The number of nitrogens with zero attached hydrogens (tertiary/aromatic N) is 1. The van der Waals surface area contributed by atoms with Gasteiger partial charge in [-0.1, -0.05) is 51.1 Å². The molecule has 3 heteroatoms. The summed E-state index contributed by atoms with van der Waals surface area (Å²) < 4.78 is 0. The fraction of sp³-hybridized carbons (Fsp3) is 0.588. The Hall–Kier alpha value is -1.35. The Morgan fingerprint density at radius 2 is 1.70 bits per heavy atom. The molecule has 0 aromatic heterocycles. The normalized spacial score (nSPS) is 15.8. The molecular weight excluding hydrogens is 250 g/mol. The molecule has 112 valence electrons. The van der Waals surface area contributed by atoms with Crippen LogP contribution in [0, 0.1) is 11.8 Å². The Labute approximate surface area is 122 Å². The summed E-state index contributed by atoms with van der Waals surface area (Å²) in [5.74, 6) is 0.586. The van der Waals surface area contributed by atoms with E-state index in [4.69, 9.17) is 0 Å². The molecule has 1 rings (SSSR count). The largest absolute Gasteiger partial charge is 0.386 e. The molecular formula is C17H27NO2. The van der Waals surface area contributed by atoms with Crippen molar-refractivity contribution in [1.82, 2.24) is 4.90 Å². The summed E-state index contributed by atoms with van der Waals surface area (Å²) in [7, 11) is 1.77. The predicted molar refractivity (Wildman–Crippen MR) is 82.3 cm³/mol. The summed E-state index contributed by atoms with van der Waals surface area (Å²) in [6.07, 6.45) is 0.216. The molecule has 3 atom stereocenters. The highest BCUT2D eigenvalue weighted by atomic mass is 16.3. The minimum atomic E-state index is -0.656. The third kappa shape index (κ3) is 4.34. The molecule has 0 fully saturated rings. The van der Waals surface area contributed by atoms with E-state index in [9.17, 15) is 9.90 Å². The van der Waals surface area contributed by atoms with Crippen LogP contribution in [0.4, 0.5) is 0 Å². The number of hydrogen-bond donors (Lipinski definition) is 1. The number of carbonyl (C=O) groups excluding carboxylic acids is 1. The molecule has 0 saturated carbocycles. The SMILES string of the molecule is CC(C)CC(C)C(=O)N(C)C(C)C(O)c1ccccc1. The molecule has 0 bridgehead atoms. The van der Waals surface area contributed by atoms with E-state index in [2.05, 4.69) is 13.8 Å². The Morgan fingerprint density at radius 3 is 2.20 bits per heavy atom. The van der Waals surface area contributed by atoms with Gasteiger partial charge < -0.3 is 10.0 Å². The first-order valence-electron chi connectivity index (χ1n) is 7.34. The van der Waals surface area contributed by atoms with E-state index >= 15 is 0 Å². The molecule has 1 amide bonds. The van der Waals surface area contributed by atoms with Crippen LogP contribution in [-0.4, -0.2) is 29.0 Å². The van der Waals surface area contributed by atoms with Gasteiger partial charge in [-0.2, -0.15) is 0 Å². The summed E-state index contributed by atoms with van der Waals surface area (Å²) in [6, 6.07) is 9.25. The summed E-state index contributed by atoms with van der Waals surface area (Å²) in [5, 5.41) is 10.4. The number of hydrogen-bond acceptors (Lipinski definition) is 2. The molecule has 0 aliphatic heterocycles. The van der Waals surface area contributed by atoms with Crippen LogP contribution in [0.1, 0.15) is 45.8 Å². The molecule has 1 aromatic carbocycles. The van der Waals surface area contributed by atoms with Gasteiger partial charge >= 0.3 is 0 Å². The topological polar surface area (TPSA) is 40.5 Å². The van der Waals surface area contributed by atoms with Crippen LogP contribution < -0.4 is 0 Å². The molecule has 1 N–H and O–H groups in total. The number of benzene rings is 1. The number of carbonyl (C=O) groups is 1. The zero-order valence-corrected chi connectivity index (χ0v) is 13.2. The van der Waals surface area contributed by atoms with Crippen LogP contribution >= 0.6 is 0 Å². The number of amides is 1. The predicted octanol–water partition coefficient (Wildman–Crippen LogP) is 3.25. The van der Waals surface area contributed by atoms with E-state index in [0.29, 0.717) is 5.92 Å². The van der Waals surface area contributed by atoms with Gasteiger partial charge in [0.15, 0.2) is 0 Å². The van der Waals surface area contributed by atoms with E-state index in [1.807, 2.05) is 44.2 Å². The quantitative estimate of drug-likeness (QED) is 0.867. The lowest BCUT2D eigenvalue weighted by atomic mass is 9.96. The van der Waals surface area contributed by atoms with Crippen molar-refractivity contribution in [2.45, 2.75) is 46.3 Å². The minimum Gasteiger partial charge on any atom is -0.386 e. The highest BCUT2D eigenvalue weighted by Gasteiger charge is 2.27. The van der Waals surface area contributed by atoms with Crippen molar-refractivity contribution in [3.8, 4) is 0 Å².